The summed E-state index contributed by atoms with van der Waals surface area (Å²) in [5.74, 6) is 1.90. The molecule has 124 valence electrons. The Bertz CT molecular complexity index is 454. The smallest absolute Gasteiger partial charge is 0.224 e. The van der Waals surface area contributed by atoms with Crippen LogP contribution in [0.15, 0.2) is 18.2 Å². The molecule has 1 aromatic rings. The van der Waals surface area contributed by atoms with Gasteiger partial charge in [0.05, 0.1) is 20.6 Å². The van der Waals surface area contributed by atoms with E-state index >= 15 is 0 Å². The number of rotatable bonds is 6. The number of nitrogens with one attached hydrogen (secondary N) is 2. The molecular weight excluding hydrogens is 304 g/mol. The number of halogens is 1. The maximum absolute atomic E-state index is 12.1. The van der Waals surface area contributed by atoms with E-state index in [1.165, 1.54) is 12.8 Å². The molecule has 1 saturated heterocycles. The largest absolute Gasteiger partial charge is 0.496 e. The normalized spacial score (nSPS) is 17.3. The first kappa shape index (κ1) is 18.6. The number of piperidine rings is 1. The second kappa shape index (κ2) is 9.54. The van der Waals surface area contributed by atoms with E-state index in [0.717, 1.165) is 25.2 Å². The van der Waals surface area contributed by atoms with Crippen molar-refractivity contribution in [3.05, 3.63) is 23.8 Å². The van der Waals surface area contributed by atoms with Crippen LogP contribution >= 0.6 is 12.4 Å². The van der Waals surface area contributed by atoms with Gasteiger partial charge in [-0.25, -0.2) is 0 Å². The van der Waals surface area contributed by atoms with Crippen molar-refractivity contribution in [2.45, 2.75) is 19.3 Å². The summed E-state index contributed by atoms with van der Waals surface area (Å²) in [6.45, 7) is 2.80. The van der Waals surface area contributed by atoms with Gasteiger partial charge in [0.25, 0.3) is 0 Å². The number of carbonyl (C=O) groups excluding carboxylic acids is 1. The topological polar surface area (TPSA) is 59.6 Å². The van der Waals surface area contributed by atoms with Gasteiger partial charge in [0.15, 0.2) is 0 Å². The molecular formula is C16H25ClN2O3. The molecule has 0 aromatic heterocycles. The molecule has 1 atom stereocenters. The van der Waals surface area contributed by atoms with E-state index in [4.69, 9.17) is 9.47 Å². The van der Waals surface area contributed by atoms with Crippen molar-refractivity contribution in [3.63, 3.8) is 0 Å². The first-order chi connectivity index (χ1) is 10.2. The predicted octanol–water partition coefficient (Wildman–Crippen LogP) is 1.78. The van der Waals surface area contributed by atoms with Crippen molar-refractivity contribution in [1.29, 1.82) is 0 Å². The van der Waals surface area contributed by atoms with Gasteiger partial charge in [-0.3, -0.25) is 4.79 Å². The third-order valence-electron chi connectivity index (χ3n) is 3.85. The highest BCUT2D eigenvalue weighted by molar-refractivity contribution is 5.85. The molecule has 1 aromatic carbocycles. The summed E-state index contributed by atoms with van der Waals surface area (Å²) in [6, 6.07) is 5.54. The van der Waals surface area contributed by atoms with Gasteiger partial charge < -0.3 is 20.1 Å². The van der Waals surface area contributed by atoms with Gasteiger partial charge >= 0.3 is 0 Å². The lowest BCUT2D eigenvalue weighted by atomic mass is 9.99. The molecule has 1 heterocycles. The molecule has 2 rings (SSSR count). The monoisotopic (exact) mass is 328 g/mol. The van der Waals surface area contributed by atoms with Crippen LogP contribution in [0.3, 0.4) is 0 Å². The van der Waals surface area contributed by atoms with Crippen molar-refractivity contribution in [3.8, 4) is 11.5 Å². The number of carbonyl (C=O) groups is 1. The summed E-state index contributed by atoms with van der Waals surface area (Å²) >= 11 is 0. The fraction of sp³-hybridized carbons (Fsp3) is 0.562. The molecule has 0 radical (unpaired) electrons. The summed E-state index contributed by atoms with van der Waals surface area (Å²) in [4.78, 5) is 12.1. The van der Waals surface area contributed by atoms with Gasteiger partial charge in [0.2, 0.25) is 5.91 Å². The van der Waals surface area contributed by atoms with Crippen LogP contribution in [0.25, 0.3) is 0 Å². The minimum atomic E-state index is 0. The second-order valence-corrected chi connectivity index (χ2v) is 5.33. The third-order valence-corrected chi connectivity index (χ3v) is 3.85. The van der Waals surface area contributed by atoms with Crippen LogP contribution < -0.4 is 20.1 Å². The summed E-state index contributed by atoms with van der Waals surface area (Å²) in [5.41, 5.74) is 0.793. The van der Waals surface area contributed by atoms with E-state index in [9.17, 15) is 4.79 Å². The molecule has 1 fully saturated rings. The Kier molecular flexibility index (Phi) is 8.06. The maximum Gasteiger partial charge on any atom is 0.224 e. The van der Waals surface area contributed by atoms with Crippen LogP contribution in [-0.2, 0) is 11.2 Å². The lowest BCUT2D eigenvalue weighted by Crippen LogP contribution is -2.38. The van der Waals surface area contributed by atoms with Crippen molar-refractivity contribution < 1.29 is 14.3 Å². The average Bonchev–Trinajstić information content (AvgIpc) is 2.54. The van der Waals surface area contributed by atoms with Gasteiger partial charge in [-0.1, -0.05) is 6.07 Å². The fourth-order valence-corrected chi connectivity index (χ4v) is 2.68. The predicted molar refractivity (Wildman–Crippen MR) is 89.1 cm³/mol. The first-order valence-electron chi connectivity index (χ1n) is 7.42. The highest BCUT2D eigenvalue weighted by Gasteiger charge is 2.17. The van der Waals surface area contributed by atoms with Crippen molar-refractivity contribution in [2.75, 3.05) is 33.9 Å². The molecule has 1 amide bonds. The van der Waals surface area contributed by atoms with Gasteiger partial charge in [-0.2, -0.15) is 0 Å². The summed E-state index contributed by atoms with van der Waals surface area (Å²) in [5, 5.41) is 6.37. The van der Waals surface area contributed by atoms with E-state index in [0.29, 0.717) is 17.4 Å². The van der Waals surface area contributed by atoms with E-state index < -0.39 is 0 Å². The number of amides is 1. The number of hydrogen-bond donors (Lipinski definition) is 2. The maximum atomic E-state index is 12.1. The summed E-state index contributed by atoms with van der Waals surface area (Å²) in [7, 11) is 3.20. The zero-order valence-electron chi connectivity index (χ0n) is 13.2. The molecule has 0 bridgehead atoms. The standard InChI is InChI=1S/C16H24N2O3.ClH/c1-20-14-6-3-7-15(21-2)13(14)9-16(19)18-11-12-5-4-8-17-10-12;/h3,6-7,12,17H,4-5,8-11H2,1-2H3,(H,18,19);1H. The quantitative estimate of drug-likeness (QED) is 0.836. The van der Waals surface area contributed by atoms with E-state index in [2.05, 4.69) is 10.6 Å². The number of hydrogen-bond acceptors (Lipinski definition) is 4. The fourth-order valence-electron chi connectivity index (χ4n) is 2.68. The highest BCUT2D eigenvalue weighted by atomic mass is 35.5. The Labute approximate surface area is 138 Å². The van der Waals surface area contributed by atoms with Crippen LogP contribution in [0.2, 0.25) is 0 Å². The lowest BCUT2D eigenvalue weighted by Gasteiger charge is -2.23. The van der Waals surface area contributed by atoms with Crippen LogP contribution in [0, 0.1) is 5.92 Å². The van der Waals surface area contributed by atoms with Crippen molar-refractivity contribution >= 4 is 18.3 Å². The third kappa shape index (κ3) is 5.07. The van der Waals surface area contributed by atoms with Crippen LogP contribution in [0.1, 0.15) is 18.4 Å². The van der Waals surface area contributed by atoms with Crippen LogP contribution in [0.4, 0.5) is 0 Å². The van der Waals surface area contributed by atoms with E-state index in [1.807, 2.05) is 18.2 Å². The van der Waals surface area contributed by atoms with Crippen LogP contribution in [0.5, 0.6) is 11.5 Å². The molecule has 5 nitrogen and oxygen atoms in total. The Morgan fingerprint density at radius 3 is 2.55 bits per heavy atom. The van der Waals surface area contributed by atoms with Crippen molar-refractivity contribution in [1.82, 2.24) is 10.6 Å². The van der Waals surface area contributed by atoms with E-state index in [-0.39, 0.29) is 24.7 Å². The Hall–Kier alpha value is -1.46. The van der Waals surface area contributed by atoms with Gasteiger partial charge in [0, 0.05) is 12.1 Å². The number of ether oxygens (including phenoxy) is 2. The minimum absolute atomic E-state index is 0. The molecule has 1 aliphatic heterocycles. The summed E-state index contributed by atoms with van der Waals surface area (Å²) in [6.07, 6.45) is 2.62. The molecule has 22 heavy (non-hydrogen) atoms. The lowest BCUT2D eigenvalue weighted by molar-refractivity contribution is -0.120. The Morgan fingerprint density at radius 2 is 2.00 bits per heavy atom. The SMILES string of the molecule is COc1cccc(OC)c1CC(=O)NCC1CCCNC1.Cl. The Balaban J connectivity index is 0.00000242. The zero-order chi connectivity index (χ0) is 15.1. The number of methoxy groups -OCH3 is 2. The van der Waals surface area contributed by atoms with Gasteiger partial charge in [-0.05, 0) is 44.0 Å². The minimum Gasteiger partial charge on any atom is -0.496 e. The highest BCUT2D eigenvalue weighted by Crippen LogP contribution is 2.28. The molecule has 0 saturated carbocycles. The molecule has 2 N–H and O–H groups in total. The Morgan fingerprint density at radius 1 is 1.32 bits per heavy atom. The van der Waals surface area contributed by atoms with Gasteiger partial charge in [-0.15, -0.1) is 12.4 Å². The molecule has 1 unspecified atom stereocenters. The van der Waals surface area contributed by atoms with Gasteiger partial charge in [0.1, 0.15) is 11.5 Å². The zero-order valence-corrected chi connectivity index (χ0v) is 14.0. The molecule has 6 heteroatoms. The average molecular weight is 329 g/mol. The molecule has 0 spiro atoms. The molecule has 0 aliphatic carbocycles. The van der Waals surface area contributed by atoms with E-state index in [1.54, 1.807) is 14.2 Å². The summed E-state index contributed by atoms with van der Waals surface area (Å²) < 4.78 is 10.6. The van der Waals surface area contributed by atoms with Crippen LogP contribution in [-0.4, -0.2) is 39.8 Å². The van der Waals surface area contributed by atoms with Crippen molar-refractivity contribution in [2.24, 2.45) is 5.92 Å². The first-order valence-corrected chi connectivity index (χ1v) is 7.42. The second-order valence-electron chi connectivity index (χ2n) is 5.33. The molecule has 1 aliphatic rings. The number of benzene rings is 1.